The van der Waals surface area contributed by atoms with Gasteiger partial charge in [0.05, 0.1) is 0 Å². The van der Waals surface area contributed by atoms with Gasteiger partial charge < -0.3 is 16.0 Å². The van der Waals surface area contributed by atoms with Crippen molar-refractivity contribution >= 4 is 11.8 Å². The highest BCUT2D eigenvalue weighted by Crippen LogP contribution is 2.35. The third-order valence-corrected chi connectivity index (χ3v) is 6.72. The highest BCUT2D eigenvalue weighted by atomic mass is 16.2. The predicted molar refractivity (Wildman–Crippen MR) is 122 cm³/mol. The summed E-state index contributed by atoms with van der Waals surface area (Å²) < 4.78 is 0. The molecular formula is C26H33N3O2. The second kappa shape index (κ2) is 10.1. The minimum atomic E-state index is 0.0433. The van der Waals surface area contributed by atoms with E-state index < -0.39 is 0 Å². The molecule has 0 bridgehead atoms. The molecule has 1 heterocycles. The molecule has 31 heavy (non-hydrogen) atoms. The van der Waals surface area contributed by atoms with Crippen molar-refractivity contribution in [1.29, 1.82) is 0 Å². The highest BCUT2D eigenvalue weighted by Gasteiger charge is 2.33. The van der Waals surface area contributed by atoms with Crippen LogP contribution in [-0.4, -0.2) is 23.3 Å². The number of nitrogens with one attached hydrogen (secondary N) is 1. The van der Waals surface area contributed by atoms with Gasteiger partial charge in [-0.3, -0.25) is 9.59 Å². The number of piperidine rings is 1. The number of nitrogens with zero attached hydrogens (tertiary/aromatic N) is 1. The molecule has 0 radical (unpaired) electrons. The summed E-state index contributed by atoms with van der Waals surface area (Å²) in [6, 6.07) is 8.41. The molecule has 4 rings (SSSR count). The molecule has 2 unspecified atom stereocenters. The Labute approximate surface area is 185 Å². The standard InChI is InChI=1S/C26H33N3O2/c27-18-20-7-3-6-19(16-20)17-21-8-4-11-24(21)26(31)28-22-9-5-10-23(14-13-22)29-15-2-1-12-25(29)30/h3,5-7,10,13-14,16,21,24H,1-2,4,8-9,11-12,15,17-18,27H2,(H,28,31). The molecule has 3 N–H and O–H groups in total. The Balaban J connectivity index is 1.40. The fourth-order valence-corrected chi connectivity index (χ4v) is 5.03. The number of carbonyl (C=O) groups excluding carboxylic acids is 2. The quantitative estimate of drug-likeness (QED) is 0.733. The minimum Gasteiger partial charge on any atom is -0.329 e. The van der Waals surface area contributed by atoms with E-state index in [-0.39, 0.29) is 17.7 Å². The number of likely N-dealkylation sites (tertiary alicyclic amines) is 1. The molecule has 1 aliphatic heterocycles. The first-order valence-electron chi connectivity index (χ1n) is 11.6. The number of benzene rings is 1. The lowest BCUT2D eigenvalue weighted by molar-refractivity contribution is -0.131. The normalized spacial score (nSPS) is 23.9. The summed E-state index contributed by atoms with van der Waals surface area (Å²) >= 11 is 0. The van der Waals surface area contributed by atoms with Crippen molar-refractivity contribution in [3.8, 4) is 0 Å². The van der Waals surface area contributed by atoms with Gasteiger partial charge in [-0.15, -0.1) is 0 Å². The van der Waals surface area contributed by atoms with Gasteiger partial charge in [0.2, 0.25) is 11.8 Å². The zero-order chi connectivity index (χ0) is 21.6. The van der Waals surface area contributed by atoms with Crippen LogP contribution in [0, 0.1) is 11.8 Å². The summed E-state index contributed by atoms with van der Waals surface area (Å²) in [4.78, 5) is 27.2. The van der Waals surface area contributed by atoms with Crippen molar-refractivity contribution in [2.75, 3.05) is 6.54 Å². The zero-order valence-corrected chi connectivity index (χ0v) is 18.2. The number of hydrogen-bond donors (Lipinski definition) is 2. The summed E-state index contributed by atoms with van der Waals surface area (Å²) in [7, 11) is 0. The van der Waals surface area contributed by atoms with Crippen LogP contribution in [0.4, 0.5) is 0 Å². The first-order chi connectivity index (χ1) is 15.1. The maximum absolute atomic E-state index is 13.1. The van der Waals surface area contributed by atoms with Crippen LogP contribution in [0.25, 0.3) is 0 Å². The number of carbonyl (C=O) groups is 2. The molecular weight excluding hydrogens is 386 g/mol. The molecule has 3 aliphatic rings. The lowest BCUT2D eigenvalue weighted by atomic mass is 9.88. The third-order valence-electron chi connectivity index (χ3n) is 6.72. The van der Waals surface area contributed by atoms with Crippen molar-refractivity contribution in [3.05, 3.63) is 71.1 Å². The largest absolute Gasteiger partial charge is 0.329 e. The van der Waals surface area contributed by atoms with Gasteiger partial charge in [0.15, 0.2) is 0 Å². The van der Waals surface area contributed by atoms with E-state index in [4.69, 9.17) is 5.73 Å². The van der Waals surface area contributed by atoms with Crippen LogP contribution in [0.15, 0.2) is 60.0 Å². The zero-order valence-electron chi connectivity index (χ0n) is 18.2. The van der Waals surface area contributed by atoms with Crippen LogP contribution < -0.4 is 11.1 Å². The number of nitrogens with two attached hydrogens (primary N) is 1. The van der Waals surface area contributed by atoms with Crippen LogP contribution >= 0.6 is 0 Å². The van der Waals surface area contributed by atoms with Gasteiger partial charge in [0, 0.05) is 43.2 Å². The number of rotatable bonds is 6. The molecule has 5 heteroatoms. The second-order valence-electron chi connectivity index (χ2n) is 8.91. The van der Waals surface area contributed by atoms with Crippen molar-refractivity contribution < 1.29 is 9.59 Å². The fraction of sp³-hybridized carbons (Fsp3) is 0.462. The average Bonchev–Trinajstić information content (AvgIpc) is 3.12. The van der Waals surface area contributed by atoms with E-state index in [1.807, 2.05) is 35.3 Å². The molecule has 5 nitrogen and oxygen atoms in total. The topological polar surface area (TPSA) is 75.4 Å². The molecule has 2 aliphatic carbocycles. The average molecular weight is 420 g/mol. The molecule has 2 fully saturated rings. The Bertz CT molecular complexity index is 915. The van der Waals surface area contributed by atoms with Gasteiger partial charge in [-0.2, -0.15) is 0 Å². The Hall–Kier alpha value is -2.66. The van der Waals surface area contributed by atoms with Crippen LogP contribution in [0.3, 0.4) is 0 Å². The van der Waals surface area contributed by atoms with Crippen molar-refractivity contribution in [1.82, 2.24) is 10.2 Å². The Morgan fingerprint density at radius 2 is 2.00 bits per heavy atom. The lowest BCUT2D eigenvalue weighted by Gasteiger charge is -2.27. The van der Waals surface area contributed by atoms with Gasteiger partial charge in [0.1, 0.15) is 0 Å². The number of amides is 2. The predicted octanol–water partition coefficient (Wildman–Crippen LogP) is 3.96. The molecule has 0 aromatic heterocycles. The third kappa shape index (κ3) is 5.34. The van der Waals surface area contributed by atoms with E-state index in [1.165, 1.54) is 5.56 Å². The molecule has 1 aromatic carbocycles. The molecule has 1 saturated carbocycles. The summed E-state index contributed by atoms with van der Waals surface area (Å²) in [5.74, 6) is 0.729. The Kier molecular flexibility index (Phi) is 7.03. The van der Waals surface area contributed by atoms with Gasteiger partial charge in [-0.05, 0) is 67.4 Å². The first-order valence-corrected chi connectivity index (χ1v) is 11.6. The molecule has 164 valence electrons. The SMILES string of the molecule is NCc1cccc(CC2CCCC2C(=O)NC2=CC=C(N3CCCCC3=O)C=CC2)c1. The molecule has 2 amide bonds. The smallest absolute Gasteiger partial charge is 0.227 e. The molecule has 0 spiro atoms. The van der Waals surface area contributed by atoms with E-state index in [9.17, 15) is 9.59 Å². The van der Waals surface area contributed by atoms with E-state index in [0.717, 1.165) is 62.0 Å². The van der Waals surface area contributed by atoms with Crippen molar-refractivity contribution in [3.63, 3.8) is 0 Å². The fourth-order valence-electron chi connectivity index (χ4n) is 5.03. The van der Waals surface area contributed by atoms with Crippen molar-refractivity contribution in [2.24, 2.45) is 17.6 Å². The summed E-state index contributed by atoms with van der Waals surface area (Å²) in [6.07, 6.45) is 15.3. The van der Waals surface area contributed by atoms with Gasteiger partial charge in [0.25, 0.3) is 0 Å². The van der Waals surface area contributed by atoms with E-state index in [2.05, 4.69) is 23.5 Å². The van der Waals surface area contributed by atoms with Crippen molar-refractivity contribution in [2.45, 2.75) is 57.9 Å². The van der Waals surface area contributed by atoms with Crippen LogP contribution in [0.1, 0.15) is 56.1 Å². The van der Waals surface area contributed by atoms with Crippen LogP contribution in [0.2, 0.25) is 0 Å². The molecule has 2 atom stereocenters. The Morgan fingerprint density at radius 3 is 2.84 bits per heavy atom. The number of hydrogen-bond acceptors (Lipinski definition) is 3. The van der Waals surface area contributed by atoms with Crippen LogP contribution in [-0.2, 0) is 22.6 Å². The first kappa shape index (κ1) is 21.6. The van der Waals surface area contributed by atoms with E-state index in [0.29, 0.717) is 25.3 Å². The Morgan fingerprint density at radius 1 is 1.13 bits per heavy atom. The van der Waals surface area contributed by atoms with Gasteiger partial charge in [-0.25, -0.2) is 0 Å². The maximum atomic E-state index is 13.1. The maximum Gasteiger partial charge on any atom is 0.227 e. The lowest BCUT2D eigenvalue weighted by Crippen LogP contribution is -2.33. The minimum absolute atomic E-state index is 0.0433. The summed E-state index contributed by atoms with van der Waals surface area (Å²) in [6.45, 7) is 1.32. The van der Waals surface area contributed by atoms with Gasteiger partial charge >= 0.3 is 0 Å². The van der Waals surface area contributed by atoms with Crippen LogP contribution in [0.5, 0.6) is 0 Å². The second-order valence-corrected chi connectivity index (χ2v) is 8.91. The molecule has 1 aromatic rings. The molecule has 1 saturated heterocycles. The van der Waals surface area contributed by atoms with Gasteiger partial charge in [-0.1, -0.05) is 36.8 Å². The van der Waals surface area contributed by atoms with E-state index >= 15 is 0 Å². The number of allylic oxidation sites excluding steroid dienone is 4. The summed E-state index contributed by atoms with van der Waals surface area (Å²) in [5, 5.41) is 3.18. The summed E-state index contributed by atoms with van der Waals surface area (Å²) in [5.41, 5.74) is 10.0. The monoisotopic (exact) mass is 419 g/mol. The van der Waals surface area contributed by atoms with E-state index in [1.54, 1.807) is 0 Å². The highest BCUT2D eigenvalue weighted by molar-refractivity contribution is 5.81.